The molecule has 1 aromatic carbocycles. The standard InChI is InChI=1S/C20H12N6O4S/c21-12-13(18(27)22-20-24-23-19(31-20)17-7-3-9-30-17)10-14-6-2-8-25(14)15-4-1-5-16(11-15)26(28)29/h1-11H,(H,22,24,27). The Morgan fingerprint density at radius 1 is 1.26 bits per heavy atom. The molecule has 1 N–H and O–H groups in total. The van der Waals surface area contributed by atoms with E-state index in [9.17, 15) is 20.2 Å². The molecule has 11 heteroatoms. The number of amides is 1. The van der Waals surface area contributed by atoms with Crippen LogP contribution in [0.25, 0.3) is 22.5 Å². The van der Waals surface area contributed by atoms with E-state index in [4.69, 9.17) is 4.42 Å². The van der Waals surface area contributed by atoms with Crippen LogP contribution in [0, 0.1) is 21.4 Å². The van der Waals surface area contributed by atoms with Gasteiger partial charge in [0.1, 0.15) is 11.6 Å². The van der Waals surface area contributed by atoms with Crippen LogP contribution in [0.4, 0.5) is 10.8 Å². The number of carbonyl (C=O) groups excluding carboxylic acids is 1. The maximum Gasteiger partial charge on any atom is 0.271 e. The fourth-order valence-electron chi connectivity index (χ4n) is 2.74. The molecule has 0 atom stereocenters. The van der Waals surface area contributed by atoms with Crippen molar-refractivity contribution in [2.24, 2.45) is 0 Å². The van der Waals surface area contributed by atoms with Crippen molar-refractivity contribution < 1.29 is 14.1 Å². The third-order valence-corrected chi connectivity index (χ3v) is 4.99. The monoisotopic (exact) mass is 432 g/mol. The maximum atomic E-state index is 12.6. The minimum Gasteiger partial charge on any atom is -0.462 e. The molecule has 3 heterocycles. The average molecular weight is 432 g/mol. The zero-order valence-electron chi connectivity index (χ0n) is 15.6. The van der Waals surface area contributed by atoms with E-state index in [0.29, 0.717) is 22.1 Å². The van der Waals surface area contributed by atoms with Gasteiger partial charge in [-0.25, -0.2) is 0 Å². The first kappa shape index (κ1) is 19.7. The highest BCUT2D eigenvalue weighted by Crippen LogP contribution is 2.27. The number of anilines is 1. The summed E-state index contributed by atoms with van der Waals surface area (Å²) in [7, 11) is 0. The summed E-state index contributed by atoms with van der Waals surface area (Å²) in [4.78, 5) is 23.1. The molecule has 0 aliphatic carbocycles. The normalized spacial score (nSPS) is 11.1. The molecular weight excluding hydrogens is 420 g/mol. The van der Waals surface area contributed by atoms with Crippen LogP contribution in [0.15, 0.2) is 71.0 Å². The van der Waals surface area contributed by atoms with Crippen molar-refractivity contribution in [3.63, 3.8) is 0 Å². The number of nitrogens with zero attached hydrogens (tertiary/aromatic N) is 5. The molecule has 31 heavy (non-hydrogen) atoms. The lowest BCUT2D eigenvalue weighted by atomic mass is 10.2. The molecule has 0 saturated heterocycles. The molecule has 0 aliphatic rings. The van der Waals surface area contributed by atoms with Gasteiger partial charge in [-0.1, -0.05) is 17.4 Å². The van der Waals surface area contributed by atoms with Crippen LogP contribution in [-0.4, -0.2) is 25.6 Å². The predicted octanol–water partition coefficient (Wildman–Crippen LogP) is 4.04. The minimum atomic E-state index is -0.656. The number of nitrogens with one attached hydrogen (secondary N) is 1. The lowest BCUT2D eigenvalue weighted by molar-refractivity contribution is -0.384. The summed E-state index contributed by atoms with van der Waals surface area (Å²) in [5.41, 5.74) is 0.791. The Morgan fingerprint density at radius 2 is 2.13 bits per heavy atom. The summed E-state index contributed by atoms with van der Waals surface area (Å²) < 4.78 is 6.88. The van der Waals surface area contributed by atoms with Crippen LogP contribution in [0.3, 0.4) is 0 Å². The van der Waals surface area contributed by atoms with Gasteiger partial charge in [0, 0.05) is 24.0 Å². The molecule has 0 fully saturated rings. The quantitative estimate of drug-likeness (QED) is 0.210. The highest BCUT2D eigenvalue weighted by Gasteiger charge is 2.16. The van der Waals surface area contributed by atoms with Crippen LogP contribution in [-0.2, 0) is 4.79 Å². The van der Waals surface area contributed by atoms with Gasteiger partial charge in [0.05, 0.1) is 16.9 Å². The molecule has 0 unspecified atom stereocenters. The highest BCUT2D eigenvalue weighted by atomic mass is 32.1. The van der Waals surface area contributed by atoms with E-state index in [1.807, 2.05) is 6.07 Å². The first-order valence-corrected chi connectivity index (χ1v) is 9.59. The minimum absolute atomic E-state index is 0.0667. The van der Waals surface area contributed by atoms with Gasteiger partial charge in [-0.15, -0.1) is 10.2 Å². The van der Waals surface area contributed by atoms with Gasteiger partial charge in [-0.3, -0.25) is 20.2 Å². The summed E-state index contributed by atoms with van der Waals surface area (Å²) in [6.07, 6.45) is 4.57. The molecule has 0 bridgehead atoms. The van der Waals surface area contributed by atoms with Crippen LogP contribution < -0.4 is 5.32 Å². The zero-order chi connectivity index (χ0) is 21.8. The fourth-order valence-corrected chi connectivity index (χ4v) is 3.44. The second-order valence-corrected chi connectivity index (χ2v) is 7.07. The Balaban J connectivity index is 1.58. The number of rotatable bonds is 6. The largest absolute Gasteiger partial charge is 0.462 e. The molecule has 0 aliphatic heterocycles. The first-order chi connectivity index (χ1) is 15.0. The van der Waals surface area contributed by atoms with Crippen LogP contribution in [0.2, 0.25) is 0 Å². The lowest BCUT2D eigenvalue weighted by Gasteiger charge is -2.07. The highest BCUT2D eigenvalue weighted by molar-refractivity contribution is 7.18. The van der Waals surface area contributed by atoms with E-state index in [2.05, 4.69) is 15.5 Å². The van der Waals surface area contributed by atoms with E-state index < -0.39 is 10.8 Å². The van der Waals surface area contributed by atoms with E-state index in [1.165, 1.54) is 24.5 Å². The number of carbonyl (C=O) groups is 1. The van der Waals surface area contributed by atoms with Crippen molar-refractivity contribution in [1.82, 2.24) is 14.8 Å². The number of nitro groups is 1. The first-order valence-electron chi connectivity index (χ1n) is 8.78. The summed E-state index contributed by atoms with van der Waals surface area (Å²) in [6.45, 7) is 0. The molecule has 0 saturated carbocycles. The van der Waals surface area contributed by atoms with Crippen LogP contribution in [0.5, 0.6) is 0 Å². The number of hydrogen-bond acceptors (Lipinski definition) is 8. The lowest BCUT2D eigenvalue weighted by Crippen LogP contribution is -2.13. The molecular formula is C20H12N6O4S. The van der Waals surface area contributed by atoms with Crippen molar-refractivity contribution in [2.75, 3.05) is 5.32 Å². The third-order valence-electron chi connectivity index (χ3n) is 4.13. The Bertz CT molecular complexity index is 1330. The van der Waals surface area contributed by atoms with Crippen LogP contribution >= 0.6 is 11.3 Å². The Kier molecular flexibility index (Phi) is 5.37. The summed E-state index contributed by atoms with van der Waals surface area (Å²) in [5.74, 6) is -0.139. The van der Waals surface area contributed by atoms with Gasteiger partial charge in [0.25, 0.3) is 11.6 Å². The number of aromatic nitrogens is 3. The molecule has 0 radical (unpaired) electrons. The molecule has 10 nitrogen and oxygen atoms in total. The van der Waals surface area contributed by atoms with Gasteiger partial charge >= 0.3 is 0 Å². The van der Waals surface area contributed by atoms with Crippen molar-refractivity contribution in [2.45, 2.75) is 0 Å². The molecule has 4 aromatic rings. The number of furan rings is 1. The van der Waals surface area contributed by atoms with Crippen LogP contribution in [0.1, 0.15) is 5.69 Å². The Labute approximate surface area is 178 Å². The molecule has 4 rings (SSSR count). The van der Waals surface area contributed by atoms with Crippen molar-refractivity contribution in [3.8, 4) is 22.5 Å². The topological polar surface area (TPSA) is 140 Å². The second kappa shape index (κ2) is 8.44. The number of benzene rings is 1. The van der Waals surface area contributed by atoms with Crippen molar-refractivity contribution >= 4 is 34.1 Å². The van der Waals surface area contributed by atoms with Crippen molar-refractivity contribution in [3.05, 3.63) is 82.4 Å². The Morgan fingerprint density at radius 3 is 2.87 bits per heavy atom. The number of non-ortho nitro benzene ring substituents is 1. The summed E-state index contributed by atoms with van der Waals surface area (Å²) in [5, 5.41) is 31.6. The third kappa shape index (κ3) is 4.24. The summed E-state index contributed by atoms with van der Waals surface area (Å²) >= 11 is 1.11. The van der Waals surface area contributed by atoms with Gasteiger partial charge in [-0.05, 0) is 36.4 Å². The predicted molar refractivity (Wildman–Crippen MR) is 112 cm³/mol. The van der Waals surface area contributed by atoms with E-state index in [0.717, 1.165) is 11.3 Å². The van der Waals surface area contributed by atoms with Gasteiger partial charge in [0.15, 0.2) is 10.8 Å². The smallest absolute Gasteiger partial charge is 0.271 e. The fraction of sp³-hybridized carbons (Fsp3) is 0. The molecule has 3 aromatic heterocycles. The summed E-state index contributed by atoms with van der Waals surface area (Å²) in [6, 6.07) is 14.7. The van der Waals surface area contributed by atoms with E-state index >= 15 is 0 Å². The number of nitro benzene ring substituents is 1. The van der Waals surface area contributed by atoms with E-state index in [1.54, 1.807) is 47.2 Å². The molecule has 1 amide bonds. The Hall–Kier alpha value is -4.56. The maximum absolute atomic E-state index is 12.6. The molecule has 0 spiro atoms. The second-order valence-electron chi connectivity index (χ2n) is 6.09. The van der Waals surface area contributed by atoms with E-state index in [-0.39, 0.29) is 16.4 Å². The van der Waals surface area contributed by atoms with Crippen molar-refractivity contribution in [1.29, 1.82) is 5.26 Å². The zero-order valence-corrected chi connectivity index (χ0v) is 16.4. The van der Waals surface area contributed by atoms with Gasteiger partial charge in [-0.2, -0.15) is 5.26 Å². The number of nitriles is 1. The SMILES string of the molecule is N#CC(=Cc1cccn1-c1cccc([N+](=O)[O-])c1)C(=O)Nc1nnc(-c2ccco2)s1. The molecule has 152 valence electrons. The van der Waals surface area contributed by atoms with Gasteiger partial charge < -0.3 is 8.98 Å². The number of hydrogen-bond donors (Lipinski definition) is 1. The van der Waals surface area contributed by atoms with Gasteiger partial charge in [0.2, 0.25) is 5.13 Å². The average Bonchev–Trinajstić information content (AvgIpc) is 3.53.